The van der Waals surface area contributed by atoms with Gasteiger partial charge in [-0.25, -0.2) is 0 Å². The molecule has 2 N–H and O–H groups in total. The number of benzene rings is 2. The first kappa shape index (κ1) is 13.6. The van der Waals surface area contributed by atoms with Crippen LogP contribution in [-0.2, 0) is 4.79 Å². The molecular formula is C16H20N2O. The van der Waals surface area contributed by atoms with E-state index in [9.17, 15) is 4.79 Å². The molecule has 1 atom stereocenters. The summed E-state index contributed by atoms with van der Waals surface area (Å²) >= 11 is 0. The number of rotatable bonds is 3. The Morgan fingerprint density at radius 1 is 1.21 bits per heavy atom. The molecule has 0 heterocycles. The van der Waals surface area contributed by atoms with E-state index in [1.165, 1.54) is 10.9 Å². The van der Waals surface area contributed by atoms with Crippen molar-refractivity contribution in [2.24, 2.45) is 5.73 Å². The molecule has 3 nitrogen and oxygen atoms in total. The van der Waals surface area contributed by atoms with Gasteiger partial charge in [-0.3, -0.25) is 4.79 Å². The molecule has 0 aliphatic rings. The third-order valence-corrected chi connectivity index (χ3v) is 3.24. The molecule has 0 aliphatic carbocycles. The fraction of sp³-hybridized carbons (Fsp3) is 0.312. The molecule has 0 aliphatic heterocycles. The largest absolute Gasteiger partial charge is 0.327 e. The molecule has 3 heteroatoms. The Balaban J connectivity index is 2.30. The van der Waals surface area contributed by atoms with E-state index >= 15 is 0 Å². The van der Waals surface area contributed by atoms with Crippen molar-refractivity contribution in [2.45, 2.75) is 26.3 Å². The maximum atomic E-state index is 12.0. The smallest absolute Gasteiger partial charge is 0.228 e. The van der Waals surface area contributed by atoms with E-state index in [2.05, 4.69) is 25.1 Å². The predicted molar refractivity (Wildman–Crippen MR) is 80.4 cm³/mol. The highest BCUT2D eigenvalue weighted by Gasteiger charge is 2.12. The second-order valence-corrected chi connectivity index (χ2v) is 5.17. The van der Waals surface area contributed by atoms with Gasteiger partial charge < -0.3 is 10.6 Å². The average molecular weight is 256 g/mol. The van der Waals surface area contributed by atoms with E-state index in [1.807, 2.05) is 25.1 Å². The zero-order chi connectivity index (χ0) is 14.0. The highest BCUT2D eigenvalue weighted by Crippen LogP contribution is 2.23. The van der Waals surface area contributed by atoms with Gasteiger partial charge in [-0.05, 0) is 36.8 Å². The first-order chi connectivity index (χ1) is 8.97. The summed E-state index contributed by atoms with van der Waals surface area (Å²) in [6, 6.07) is 12.2. The molecule has 100 valence electrons. The van der Waals surface area contributed by atoms with Gasteiger partial charge in [-0.1, -0.05) is 29.8 Å². The molecule has 0 spiro atoms. The summed E-state index contributed by atoms with van der Waals surface area (Å²) in [6.07, 6.45) is 0.364. The van der Waals surface area contributed by atoms with Crippen LogP contribution in [0.25, 0.3) is 10.8 Å². The van der Waals surface area contributed by atoms with Crippen LogP contribution in [0.4, 0.5) is 5.69 Å². The minimum absolute atomic E-state index is 0.0430. The number of nitrogens with two attached hydrogens (primary N) is 1. The topological polar surface area (TPSA) is 46.3 Å². The zero-order valence-corrected chi connectivity index (χ0v) is 11.7. The Bertz CT molecular complexity index is 605. The van der Waals surface area contributed by atoms with Gasteiger partial charge in [-0.15, -0.1) is 0 Å². The number of fused-ring (bicyclic) bond motifs is 1. The third kappa shape index (κ3) is 3.12. The number of aryl methyl sites for hydroxylation is 1. The first-order valence-electron chi connectivity index (χ1n) is 6.50. The highest BCUT2D eigenvalue weighted by molar-refractivity contribution is 5.96. The molecular weight excluding hydrogens is 236 g/mol. The van der Waals surface area contributed by atoms with Gasteiger partial charge in [0, 0.05) is 25.2 Å². The average Bonchev–Trinajstić information content (AvgIpc) is 2.36. The van der Waals surface area contributed by atoms with Crippen molar-refractivity contribution >= 4 is 22.4 Å². The molecule has 0 bridgehead atoms. The quantitative estimate of drug-likeness (QED) is 0.918. The van der Waals surface area contributed by atoms with Gasteiger partial charge in [-0.2, -0.15) is 0 Å². The van der Waals surface area contributed by atoms with Crippen LogP contribution in [0, 0.1) is 6.92 Å². The first-order valence-corrected chi connectivity index (χ1v) is 6.50. The molecule has 0 radical (unpaired) electrons. The number of hydrogen-bond donors (Lipinski definition) is 1. The van der Waals surface area contributed by atoms with Gasteiger partial charge in [0.25, 0.3) is 0 Å². The van der Waals surface area contributed by atoms with Crippen molar-refractivity contribution in [3.05, 3.63) is 42.0 Å². The van der Waals surface area contributed by atoms with Gasteiger partial charge in [0.2, 0.25) is 5.91 Å². The number of amides is 1. The van der Waals surface area contributed by atoms with Crippen LogP contribution < -0.4 is 10.6 Å². The van der Waals surface area contributed by atoms with E-state index in [-0.39, 0.29) is 11.9 Å². The summed E-state index contributed by atoms with van der Waals surface area (Å²) in [6.45, 7) is 3.92. The van der Waals surface area contributed by atoms with Crippen LogP contribution in [0.2, 0.25) is 0 Å². The number of carbonyl (C=O) groups excluding carboxylic acids is 1. The Kier molecular flexibility index (Phi) is 3.86. The highest BCUT2D eigenvalue weighted by atomic mass is 16.2. The Morgan fingerprint density at radius 2 is 1.84 bits per heavy atom. The molecule has 0 fully saturated rings. The molecule has 2 rings (SSSR count). The van der Waals surface area contributed by atoms with Gasteiger partial charge in [0.05, 0.1) is 0 Å². The van der Waals surface area contributed by atoms with Crippen molar-refractivity contribution < 1.29 is 4.79 Å². The van der Waals surface area contributed by atoms with E-state index < -0.39 is 0 Å². The van der Waals surface area contributed by atoms with E-state index in [0.29, 0.717) is 6.42 Å². The van der Waals surface area contributed by atoms with Crippen LogP contribution >= 0.6 is 0 Å². The van der Waals surface area contributed by atoms with Crippen LogP contribution in [0.3, 0.4) is 0 Å². The fourth-order valence-corrected chi connectivity index (χ4v) is 2.12. The van der Waals surface area contributed by atoms with Crippen molar-refractivity contribution in [3.63, 3.8) is 0 Å². The van der Waals surface area contributed by atoms with Crippen LogP contribution in [-0.4, -0.2) is 19.0 Å². The normalized spacial score (nSPS) is 12.4. The van der Waals surface area contributed by atoms with Crippen molar-refractivity contribution in [1.29, 1.82) is 0 Å². The van der Waals surface area contributed by atoms with E-state index in [4.69, 9.17) is 5.73 Å². The predicted octanol–water partition coefficient (Wildman–Crippen LogP) is 2.85. The lowest BCUT2D eigenvalue weighted by Gasteiger charge is -2.19. The third-order valence-electron chi connectivity index (χ3n) is 3.24. The van der Waals surface area contributed by atoms with Gasteiger partial charge >= 0.3 is 0 Å². The summed E-state index contributed by atoms with van der Waals surface area (Å²) in [5.74, 6) is 0.0430. The van der Waals surface area contributed by atoms with E-state index in [1.54, 1.807) is 11.9 Å². The molecule has 19 heavy (non-hydrogen) atoms. The van der Waals surface area contributed by atoms with Crippen molar-refractivity contribution in [1.82, 2.24) is 0 Å². The second-order valence-electron chi connectivity index (χ2n) is 5.17. The van der Waals surface area contributed by atoms with Crippen molar-refractivity contribution in [3.8, 4) is 0 Å². The summed E-state index contributed by atoms with van der Waals surface area (Å²) in [5.41, 5.74) is 7.81. The Hall–Kier alpha value is -1.87. The number of nitrogens with zero attached hydrogens (tertiary/aromatic N) is 1. The number of hydrogen-bond acceptors (Lipinski definition) is 2. The summed E-state index contributed by atoms with van der Waals surface area (Å²) in [5, 5.41) is 2.33. The van der Waals surface area contributed by atoms with E-state index in [0.717, 1.165) is 11.1 Å². The summed E-state index contributed by atoms with van der Waals surface area (Å²) in [7, 11) is 1.79. The monoisotopic (exact) mass is 256 g/mol. The molecule has 1 amide bonds. The lowest BCUT2D eigenvalue weighted by atomic mass is 10.1. The minimum Gasteiger partial charge on any atom is -0.327 e. The molecule has 1 unspecified atom stereocenters. The van der Waals surface area contributed by atoms with Crippen LogP contribution in [0.5, 0.6) is 0 Å². The fourth-order valence-electron chi connectivity index (χ4n) is 2.12. The number of carbonyl (C=O) groups is 1. The van der Waals surface area contributed by atoms with Crippen molar-refractivity contribution in [2.75, 3.05) is 11.9 Å². The lowest BCUT2D eigenvalue weighted by molar-refractivity contribution is -0.118. The van der Waals surface area contributed by atoms with Crippen LogP contribution in [0.1, 0.15) is 18.9 Å². The Labute approximate surface area is 114 Å². The number of anilines is 1. The SMILES string of the molecule is Cc1ccc2cc(N(C)C(=O)CC(C)N)ccc2c1. The Morgan fingerprint density at radius 3 is 2.53 bits per heavy atom. The summed E-state index contributed by atoms with van der Waals surface area (Å²) < 4.78 is 0. The molecule has 0 saturated heterocycles. The maximum absolute atomic E-state index is 12.0. The lowest BCUT2D eigenvalue weighted by Crippen LogP contribution is -2.31. The minimum atomic E-state index is -0.113. The molecule has 2 aromatic carbocycles. The van der Waals surface area contributed by atoms with Crippen LogP contribution in [0.15, 0.2) is 36.4 Å². The second kappa shape index (κ2) is 5.41. The maximum Gasteiger partial charge on any atom is 0.228 e. The van der Waals surface area contributed by atoms with Gasteiger partial charge in [0.1, 0.15) is 0 Å². The standard InChI is InChI=1S/C16H20N2O/c1-11-4-5-14-10-15(7-6-13(14)8-11)18(3)16(19)9-12(2)17/h4-8,10,12H,9,17H2,1-3H3. The molecule has 0 aromatic heterocycles. The van der Waals surface area contributed by atoms with Gasteiger partial charge in [0.15, 0.2) is 0 Å². The summed E-state index contributed by atoms with van der Waals surface area (Å²) in [4.78, 5) is 13.7. The molecule has 0 saturated carbocycles. The molecule has 2 aromatic rings. The zero-order valence-electron chi connectivity index (χ0n) is 11.7.